The van der Waals surface area contributed by atoms with E-state index in [0.29, 0.717) is 4.58 Å². The van der Waals surface area contributed by atoms with Gasteiger partial charge in [-0.1, -0.05) is 0 Å². The highest BCUT2D eigenvalue weighted by molar-refractivity contribution is 5.99. The minimum absolute atomic E-state index is 0.592. The molecule has 1 fully saturated rings. The van der Waals surface area contributed by atoms with Crippen molar-refractivity contribution in [2.24, 2.45) is 0 Å². The van der Waals surface area contributed by atoms with Gasteiger partial charge in [0.15, 0.2) is 75.5 Å². The van der Waals surface area contributed by atoms with Crippen molar-refractivity contribution in [3.8, 4) is 0 Å². The van der Waals surface area contributed by atoms with E-state index in [1.54, 1.807) is 0 Å². The maximum Gasteiger partial charge on any atom is 0.288 e. The first-order chi connectivity index (χ1) is 19.4. The van der Waals surface area contributed by atoms with Gasteiger partial charge in [0.05, 0.1) is 11.1 Å². The molecule has 1 nitrogen and oxygen atoms in total. The highest BCUT2D eigenvalue weighted by atomic mass is 19.2. The van der Waals surface area contributed by atoms with Gasteiger partial charge in [0.1, 0.15) is 5.56 Å². The molecule has 42 heavy (non-hydrogen) atoms. The van der Waals surface area contributed by atoms with Crippen LogP contribution in [0.5, 0.6) is 0 Å². The number of hydrogen-bond acceptors (Lipinski definition) is 0. The Kier molecular flexibility index (Phi) is 7.62. The van der Waals surface area contributed by atoms with Gasteiger partial charge in [0, 0.05) is 34.8 Å². The summed E-state index contributed by atoms with van der Waals surface area (Å²) in [6.45, 7) is 4.80. The second-order valence-corrected chi connectivity index (χ2v) is 9.64. The lowest BCUT2D eigenvalue weighted by Crippen LogP contribution is -2.13. The van der Waals surface area contributed by atoms with Crippen LogP contribution in [0.15, 0.2) is 11.4 Å². The van der Waals surface area contributed by atoms with Crippen LogP contribution in [0.3, 0.4) is 0 Å². The van der Waals surface area contributed by atoms with E-state index in [1.807, 2.05) is 0 Å². The van der Waals surface area contributed by atoms with Crippen LogP contribution in [0.2, 0.25) is 0 Å². The van der Waals surface area contributed by atoms with Gasteiger partial charge in [0.25, 0.3) is 11.4 Å². The molecule has 0 saturated carbocycles. The summed E-state index contributed by atoms with van der Waals surface area (Å²) < 4.78 is 176. The van der Waals surface area contributed by atoms with Crippen molar-refractivity contribution >= 4 is 16.9 Å². The molecule has 0 radical (unpaired) electrons. The summed E-state index contributed by atoms with van der Waals surface area (Å²) >= 11 is 0. The van der Waals surface area contributed by atoms with Crippen LogP contribution in [-0.2, 0) is 0 Å². The Bertz CT molecular complexity index is 1530. The van der Waals surface area contributed by atoms with E-state index in [1.165, 1.54) is 0 Å². The van der Waals surface area contributed by atoms with Crippen molar-refractivity contribution in [1.29, 1.82) is 0 Å². The first-order valence-electron chi connectivity index (χ1n) is 11.9. The zero-order chi connectivity index (χ0) is 31.9. The molecule has 0 N–H and O–H groups in total. The second kappa shape index (κ2) is 10.4. The zero-order valence-electron chi connectivity index (χ0n) is 22.5. The molecule has 222 valence electrons. The number of halogens is 12. The number of nitrogens with zero attached hydrogens (tertiary/aromatic N) is 1. The van der Waals surface area contributed by atoms with E-state index in [-0.39, 0.29) is 0 Å². The normalized spacial score (nSPS) is 16.7. The van der Waals surface area contributed by atoms with Gasteiger partial charge < -0.3 is 0 Å². The van der Waals surface area contributed by atoms with Crippen molar-refractivity contribution in [3.63, 3.8) is 0 Å². The maximum absolute atomic E-state index is 14.9. The van der Waals surface area contributed by atoms with Gasteiger partial charge in [-0.25, -0.2) is 52.7 Å². The molecule has 1 aliphatic heterocycles. The molecule has 3 aromatic rings. The summed E-state index contributed by atoms with van der Waals surface area (Å²) in [5.74, 6) is -22.3. The third kappa shape index (κ3) is 4.23. The molecule has 1 saturated heterocycles. The summed E-state index contributed by atoms with van der Waals surface area (Å²) in [5, 5.41) is 0. The molecule has 3 aromatic carbocycles. The third-order valence-electron chi connectivity index (χ3n) is 7.23. The lowest BCUT2D eigenvalue weighted by Gasteiger charge is -2.08. The summed E-state index contributed by atoms with van der Waals surface area (Å²) in [5.41, 5.74) is -10.5. The van der Waals surface area contributed by atoms with E-state index >= 15 is 0 Å². The van der Waals surface area contributed by atoms with E-state index in [2.05, 4.69) is 0 Å². The van der Waals surface area contributed by atoms with Crippen LogP contribution in [0, 0.1) is 90.6 Å². The number of benzene rings is 3. The molecule has 4 rings (SSSR count). The summed E-state index contributed by atoms with van der Waals surface area (Å²) in [7, 11) is 0. The van der Waals surface area contributed by atoms with Crippen molar-refractivity contribution < 1.29 is 57.3 Å². The Labute approximate surface area is 230 Å². The Balaban J connectivity index is 2.21. The van der Waals surface area contributed by atoms with Gasteiger partial charge in [-0.05, 0) is 34.6 Å². The van der Waals surface area contributed by atoms with Crippen LogP contribution in [0.1, 0.15) is 54.2 Å². The van der Waals surface area contributed by atoms with E-state index in [4.69, 9.17) is 0 Å². The second-order valence-electron chi connectivity index (χ2n) is 9.64. The van der Waals surface area contributed by atoms with Crippen LogP contribution in [0.4, 0.5) is 52.7 Å². The highest BCUT2D eigenvalue weighted by Crippen LogP contribution is 2.47. The van der Waals surface area contributed by atoms with Crippen molar-refractivity contribution in [2.75, 3.05) is 0 Å². The molecule has 1 heterocycles. The molecule has 0 spiro atoms. The summed E-state index contributed by atoms with van der Waals surface area (Å²) in [6.07, 6.45) is 0. The van der Waals surface area contributed by atoms with Crippen molar-refractivity contribution in [3.05, 3.63) is 115 Å². The first-order valence-corrected chi connectivity index (χ1v) is 11.9. The number of rotatable bonds is 3. The molecule has 0 bridgehead atoms. The summed E-state index contributed by atoms with van der Waals surface area (Å²) in [4.78, 5) is 0. The molecule has 0 atom stereocenters. The Morgan fingerprint density at radius 1 is 0.357 bits per heavy atom. The fourth-order valence-electron chi connectivity index (χ4n) is 4.74. The lowest BCUT2D eigenvalue weighted by molar-refractivity contribution is -0.277. The van der Waals surface area contributed by atoms with Crippen LogP contribution < -0.4 is 0 Å². The number of hydrogen-bond donors (Lipinski definition) is 0. The fourth-order valence-corrected chi connectivity index (χ4v) is 4.74. The van der Waals surface area contributed by atoms with Gasteiger partial charge >= 0.3 is 0 Å². The van der Waals surface area contributed by atoms with Gasteiger partial charge in [-0.3, -0.25) is 0 Å². The Morgan fingerprint density at radius 2 is 0.571 bits per heavy atom. The average Bonchev–Trinajstić information content (AvgIpc) is 3.71. The van der Waals surface area contributed by atoms with Gasteiger partial charge in [-0.15, -0.1) is 4.58 Å². The predicted molar refractivity (Wildman–Crippen MR) is 128 cm³/mol. The molecule has 1 aliphatic rings. The van der Waals surface area contributed by atoms with E-state index in [9.17, 15) is 52.7 Å². The monoisotopic (exact) mass is 608 g/mol. The largest absolute Gasteiger partial charge is 0.288 e. The van der Waals surface area contributed by atoms with Gasteiger partial charge in [-0.2, -0.15) is 0 Å². The molecule has 0 unspecified atom stereocenters. The van der Waals surface area contributed by atoms with E-state index in [0.717, 1.165) is 41.5 Å². The molecule has 0 aromatic heterocycles. The predicted octanol–water partition coefficient (Wildman–Crippen LogP) is 8.98. The quantitative estimate of drug-likeness (QED) is 0.121. The molecular formula is C29H18F12N+. The number of allylic oxidation sites excluding steroid dienone is 2. The molecule has 13 heteroatoms. The van der Waals surface area contributed by atoms with Crippen LogP contribution >= 0.6 is 0 Å². The molecular weight excluding hydrogens is 590 g/mol. The van der Waals surface area contributed by atoms with Crippen LogP contribution in [0.25, 0.3) is 11.1 Å². The Morgan fingerprint density at radius 3 is 0.810 bits per heavy atom. The maximum atomic E-state index is 14.9. The topological polar surface area (TPSA) is 3.01 Å². The zero-order valence-corrected chi connectivity index (χ0v) is 22.5. The average molecular weight is 608 g/mol. The third-order valence-corrected chi connectivity index (χ3v) is 7.23. The SMILES string of the molecule is CC(=C1C(=C(\C)c2c(F)c(F)c(C)c(F)c2F)/[N+]1=C(\C)c1c(F)c(F)c(C)c(F)c1F)c1c(F)c(F)c(C)c(F)c1F. The first kappa shape index (κ1) is 30.9. The Hall–Kier alpha value is -4.03. The molecule has 0 aliphatic carbocycles. The standard InChI is InChI=1S/C29H18F12N/c1-7(13-22(36)16(30)9(3)17(31)23(13)37)28-29(8(2)14-24(38)18(32)10(4)19(33)25(14)39)42(28)12(6)15-26(40)20(34)11(5)21(35)27(15)41/h1-6H3/q+1/b28-7-,29-8?,42-12-. The van der Waals surface area contributed by atoms with Crippen LogP contribution in [-0.4, -0.2) is 10.3 Å². The summed E-state index contributed by atoms with van der Waals surface area (Å²) in [6, 6.07) is 0. The van der Waals surface area contributed by atoms with E-state index < -0.39 is 131 Å². The van der Waals surface area contributed by atoms with Crippen molar-refractivity contribution in [1.82, 2.24) is 0 Å². The smallest absolute Gasteiger partial charge is 0.203 e. The minimum Gasteiger partial charge on any atom is -0.203 e. The fraction of sp³-hybridized carbons (Fsp3) is 0.207. The lowest BCUT2D eigenvalue weighted by atomic mass is 9.99. The minimum atomic E-state index is -1.92. The molecule has 0 amide bonds. The van der Waals surface area contributed by atoms with Gasteiger partial charge in [0.2, 0.25) is 0 Å². The highest BCUT2D eigenvalue weighted by Gasteiger charge is 2.53. The van der Waals surface area contributed by atoms with Crippen molar-refractivity contribution in [2.45, 2.75) is 41.5 Å².